The van der Waals surface area contributed by atoms with Gasteiger partial charge in [0.15, 0.2) is 0 Å². The first-order chi connectivity index (χ1) is 13.5. The van der Waals surface area contributed by atoms with Crippen LogP contribution in [0.3, 0.4) is 0 Å². The van der Waals surface area contributed by atoms with Crippen molar-refractivity contribution < 1.29 is 9.53 Å². The van der Waals surface area contributed by atoms with Gasteiger partial charge >= 0.3 is 0 Å². The largest absolute Gasteiger partial charge is 0.492 e. The fourth-order valence-corrected chi connectivity index (χ4v) is 3.14. The van der Waals surface area contributed by atoms with Gasteiger partial charge in [0, 0.05) is 6.20 Å². The number of carbonyl (C=O) groups excluding carboxylic acids is 1. The van der Waals surface area contributed by atoms with Crippen LogP contribution >= 0.6 is 11.6 Å². The average molecular weight is 397 g/mol. The lowest BCUT2D eigenvalue weighted by Gasteiger charge is -2.13. The maximum absolute atomic E-state index is 12.6. The minimum Gasteiger partial charge on any atom is -0.492 e. The Morgan fingerprint density at radius 1 is 1.18 bits per heavy atom. The predicted molar refractivity (Wildman–Crippen MR) is 112 cm³/mol. The fourth-order valence-electron chi connectivity index (χ4n) is 2.77. The number of halogens is 1. The zero-order chi connectivity index (χ0) is 20.1. The SMILES string of the molecule is CCOc1ccccc1NC(=O)c1ccnc(Nc2c(C)cc(C)cc2Cl)n1. The number of rotatable bonds is 6. The van der Waals surface area contributed by atoms with Crippen LogP contribution in [-0.4, -0.2) is 22.5 Å². The number of para-hydroxylation sites is 2. The Morgan fingerprint density at radius 2 is 1.96 bits per heavy atom. The van der Waals surface area contributed by atoms with E-state index >= 15 is 0 Å². The number of nitrogens with one attached hydrogen (secondary N) is 2. The third-order valence-corrected chi connectivity index (χ3v) is 4.29. The van der Waals surface area contributed by atoms with Gasteiger partial charge in [0.25, 0.3) is 5.91 Å². The molecular formula is C21H21ClN4O2. The Labute approximate surface area is 168 Å². The van der Waals surface area contributed by atoms with E-state index in [2.05, 4.69) is 20.6 Å². The summed E-state index contributed by atoms with van der Waals surface area (Å²) in [6.07, 6.45) is 1.52. The Bertz CT molecular complexity index is 984. The molecule has 7 heteroatoms. The molecule has 0 fully saturated rings. The Balaban J connectivity index is 1.81. The molecule has 0 saturated carbocycles. The summed E-state index contributed by atoms with van der Waals surface area (Å²) >= 11 is 6.33. The number of aromatic nitrogens is 2. The van der Waals surface area contributed by atoms with Gasteiger partial charge in [0.2, 0.25) is 5.95 Å². The number of benzene rings is 2. The number of nitrogens with zero attached hydrogens (tertiary/aromatic N) is 2. The summed E-state index contributed by atoms with van der Waals surface area (Å²) in [7, 11) is 0. The van der Waals surface area contributed by atoms with Crippen LogP contribution in [-0.2, 0) is 0 Å². The van der Waals surface area contributed by atoms with Crippen molar-refractivity contribution in [1.82, 2.24) is 9.97 Å². The van der Waals surface area contributed by atoms with Crippen molar-refractivity contribution in [2.24, 2.45) is 0 Å². The molecule has 0 bridgehead atoms. The molecule has 0 aliphatic carbocycles. The van der Waals surface area contributed by atoms with Gasteiger partial charge in [-0.25, -0.2) is 9.97 Å². The first-order valence-corrected chi connectivity index (χ1v) is 9.25. The lowest BCUT2D eigenvalue weighted by Crippen LogP contribution is -2.15. The highest BCUT2D eigenvalue weighted by atomic mass is 35.5. The second-order valence-corrected chi connectivity index (χ2v) is 6.62. The lowest BCUT2D eigenvalue weighted by atomic mass is 10.1. The summed E-state index contributed by atoms with van der Waals surface area (Å²) in [4.78, 5) is 21.1. The first-order valence-electron chi connectivity index (χ1n) is 8.88. The van der Waals surface area contributed by atoms with Gasteiger partial charge in [-0.15, -0.1) is 0 Å². The fraction of sp³-hybridized carbons (Fsp3) is 0.190. The smallest absolute Gasteiger partial charge is 0.274 e. The normalized spacial score (nSPS) is 10.4. The molecule has 0 spiro atoms. The number of carbonyl (C=O) groups is 1. The summed E-state index contributed by atoms with van der Waals surface area (Å²) in [5.74, 6) is 0.539. The average Bonchev–Trinajstić information content (AvgIpc) is 2.66. The molecule has 0 atom stereocenters. The van der Waals surface area contributed by atoms with Gasteiger partial charge in [0.05, 0.1) is 23.0 Å². The lowest BCUT2D eigenvalue weighted by molar-refractivity contribution is 0.102. The number of amides is 1. The van der Waals surface area contributed by atoms with E-state index in [4.69, 9.17) is 16.3 Å². The highest BCUT2D eigenvalue weighted by Crippen LogP contribution is 2.29. The van der Waals surface area contributed by atoms with E-state index in [1.54, 1.807) is 18.2 Å². The molecule has 3 rings (SSSR count). The second-order valence-electron chi connectivity index (χ2n) is 6.21. The van der Waals surface area contributed by atoms with E-state index in [0.29, 0.717) is 34.7 Å². The predicted octanol–water partition coefficient (Wildman–Crippen LogP) is 5.14. The molecule has 144 valence electrons. The summed E-state index contributed by atoms with van der Waals surface area (Å²) in [5.41, 5.74) is 3.56. The van der Waals surface area contributed by atoms with E-state index in [1.807, 2.05) is 45.0 Å². The topological polar surface area (TPSA) is 76.1 Å². The zero-order valence-electron chi connectivity index (χ0n) is 15.9. The van der Waals surface area contributed by atoms with Gasteiger partial charge in [-0.05, 0) is 56.2 Å². The number of anilines is 3. The summed E-state index contributed by atoms with van der Waals surface area (Å²) in [6, 6.07) is 12.7. The van der Waals surface area contributed by atoms with Crippen molar-refractivity contribution in [2.75, 3.05) is 17.2 Å². The Morgan fingerprint density at radius 3 is 2.71 bits per heavy atom. The summed E-state index contributed by atoms with van der Waals surface area (Å²) in [5, 5.41) is 6.50. The van der Waals surface area contributed by atoms with Gasteiger partial charge < -0.3 is 15.4 Å². The highest BCUT2D eigenvalue weighted by molar-refractivity contribution is 6.33. The minimum absolute atomic E-state index is 0.227. The second kappa shape index (κ2) is 8.71. The molecule has 6 nitrogen and oxygen atoms in total. The van der Waals surface area contributed by atoms with Crippen LogP contribution in [0.2, 0.25) is 5.02 Å². The van der Waals surface area contributed by atoms with Crippen molar-refractivity contribution in [3.63, 3.8) is 0 Å². The number of hydrogen-bond acceptors (Lipinski definition) is 5. The summed E-state index contributed by atoms with van der Waals surface area (Å²) < 4.78 is 5.54. The molecule has 28 heavy (non-hydrogen) atoms. The van der Waals surface area contributed by atoms with Gasteiger partial charge in [-0.3, -0.25) is 4.79 Å². The van der Waals surface area contributed by atoms with Crippen molar-refractivity contribution in [3.8, 4) is 5.75 Å². The van der Waals surface area contributed by atoms with Crippen molar-refractivity contribution in [3.05, 3.63) is 70.5 Å². The molecule has 1 heterocycles. The monoisotopic (exact) mass is 396 g/mol. The van der Waals surface area contributed by atoms with Crippen LogP contribution in [0.4, 0.5) is 17.3 Å². The third-order valence-electron chi connectivity index (χ3n) is 3.99. The highest BCUT2D eigenvalue weighted by Gasteiger charge is 2.13. The molecule has 0 aliphatic rings. The Kier molecular flexibility index (Phi) is 6.11. The number of ether oxygens (including phenoxy) is 1. The number of aryl methyl sites for hydroxylation is 2. The van der Waals surface area contributed by atoms with E-state index in [-0.39, 0.29) is 11.6 Å². The molecule has 2 N–H and O–H groups in total. The van der Waals surface area contributed by atoms with Gasteiger partial charge in [-0.1, -0.05) is 29.8 Å². The molecule has 3 aromatic rings. The minimum atomic E-state index is -0.357. The van der Waals surface area contributed by atoms with Crippen LogP contribution < -0.4 is 15.4 Å². The van der Waals surface area contributed by atoms with E-state index < -0.39 is 0 Å². The van der Waals surface area contributed by atoms with E-state index in [0.717, 1.165) is 11.1 Å². The number of hydrogen-bond donors (Lipinski definition) is 2. The maximum atomic E-state index is 12.6. The first kappa shape index (κ1) is 19.6. The molecule has 0 aliphatic heterocycles. The quantitative estimate of drug-likeness (QED) is 0.603. The molecule has 1 amide bonds. The van der Waals surface area contributed by atoms with Crippen LogP contribution in [0, 0.1) is 13.8 Å². The van der Waals surface area contributed by atoms with E-state index in [1.165, 1.54) is 6.20 Å². The van der Waals surface area contributed by atoms with Gasteiger partial charge in [-0.2, -0.15) is 0 Å². The molecule has 2 aromatic carbocycles. The maximum Gasteiger partial charge on any atom is 0.274 e. The third kappa shape index (κ3) is 4.58. The molecule has 0 saturated heterocycles. The zero-order valence-corrected chi connectivity index (χ0v) is 16.7. The van der Waals surface area contributed by atoms with Crippen molar-refractivity contribution in [1.29, 1.82) is 0 Å². The van der Waals surface area contributed by atoms with E-state index in [9.17, 15) is 4.79 Å². The molecular weight excluding hydrogens is 376 g/mol. The van der Waals surface area contributed by atoms with Crippen molar-refractivity contribution >= 4 is 34.8 Å². The van der Waals surface area contributed by atoms with Crippen LogP contribution in [0.1, 0.15) is 28.5 Å². The van der Waals surface area contributed by atoms with Crippen LogP contribution in [0.25, 0.3) is 0 Å². The standard InChI is InChI=1S/C21H21ClN4O2/c1-4-28-18-8-6-5-7-16(18)24-20(27)17-9-10-23-21(25-17)26-19-14(3)11-13(2)12-15(19)22/h5-12H,4H2,1-3H3,(H,24,27)(H,23,25,26). The Hall–Kier alpha value is -3.12. The van der Waals surface area contributed by atoms with Crippen LogP contribution in [0.5, 0.6) is 5.75 Å². The molecule has 1 aromatic heterocycles. The van der Waals surface area contributed by atoms with Crippen molar-refractivity contribution in [2.45, 2.75) is 20.8 Å². The van der Waals surface area contributed by atoms with Crippen LogP contribution in [0.15, 0.2) is 48.7 Å². The van der Waals surface area contributed by atoms with Gasteiger partial charge in [0.1, 0.15) is 11.4 Å². The molecule has 0 unspecified atom stereocenters. The summed E-state index contributed by atoms with van der Waals surface area (Å²) in [6.45, 7) is 6.32. The molecule has 0 radical (unpaired) electrons.